The molecular weight excluding hydrogens is 217 g/mol. The summed E-state index contributed by atoms with van der Waals surface area (Å²) < 4.78 is 3.46. The van der Waals surface area contributed by atoms with Crippen molar-refractivity contribution < 1.29 is 4.79 Å². The molecule has 0 fully saturated rings. The molecule has 0 unspecified atom stereocenters. The Morgan fingerprint density at radius 3 is 2.75 bits per heavy atom. The Balaban J connectivity index is 2.99. The van der Waals surface area contributed by atoms with Crippen molar-refractivity contribution in [3.05, 3.63) is 0 Å². The largest absolute Gasteiger partial charge is 0.272 e. The molecule has 0 aromatic heterocycles. The maximum Gasteiger partial charge on any atom is 0.251 e. The number of carbonyl (C=O) groups is 1. The summed E-state index contributed by atoms with van der Waals surface area (Å²) in [6, 6.07) is 0. The summed E-state index contributed by atoms with van der Waals surface area (Å²) in [5, 5.41) is 0. The lowest BCUT2D eigenvalue weighted by Crippen LogP contribution is -2.03. The van der Waals surface area contributed by atoms with Gasteiger partial charge in [-0.15, -0.1) is 0 Å². The second kappa shape index (κ2) is 5.34. The van der Waals surface area contributed by atoms with Crippen LogP contribution < -0.4 is 3.53 Å². The molecule has 0 rings (SSSR count). The predicted octanol–water partition coefficient (Wildman–Crippen LogP) is 1.66. The lowest BCUT2D eigenvalue weighted by Gasteiger charge is -1.89. The summed E-state index contributed by atoms with van der Waals surface area (Å²) >= 11 is 1.73. The Morgan fingerprint density at radius 2 is 2.38 bits per heavy atom. The van der Waals surface area contributed by atoms with Gasteiger partial charge in [0, 0.05) is 6.42 Å². The normalized spacial score (nSPS) is 8.75. The van der Waals surface area contributed by atoms with Crippen LogP contribution in [0.5, 0.6) is 0 Å². The summed E-state index contributed by atoms with van der Waals surface area (Å²) in [6.45, 7) is 2.06. The fraction of sp³-hybridized carbons (Fsp3) is 0.800. The summed E-state index contributed by atoms with van der Waals surface area (Å²) in [7, 11) is 0. The molecule has 0 N–H and O–H groups in total. The monoisotopic (exact) mass is 226 g/mol. The van der Waals surface area contributed by atoms with Crippen molar-refractivity contribution in [1.82, 2.24) is 3.53 Å². The van der Waals surface area contributed by atoms with Crippen molar-refractivity contribution in [2.45, 2.75) is 26.2 Å². The third-order valence-electron chi connectivity index (χ3n) is 0.838. The van der Waals surface area contributed by atoms with E-state index in [1.54, 1.807) is 22.9 Å². The molecule has 1 amide bonds. The van der Waals surface area contributed by atoms with Crippen molar-refractivity contribution >= 4 is 28.8 Å². The Hall–Kier alpha value is 0.200. The minimum atomic E-state index is 0.00690. The maximum absolute atomic E-state index is 10.4. The van der Waals surface area contributed by atoms with Gasteiger partial charge in [-0.3, -0.25) is 4.79 Å². The Kier molecular flexibility index (Phi) is 5.47. The number of halogens is 1. The summed E-state index contributed by atoms with van der Waals surface area (Å²) in [4.78, 5) is 10.4. The molecule has 0 spiro atoms. The van der Waals surface area contributed by atoms with Gasteiger partial charge >= 0.3 is 0 Å². The van der Waals surface area contributed by atoms with Gasteiger partial charge in [-0.1, -0.05) is 13.3 Å². The third kappa shape index (κ3) is 4.36. The van der Waals surface area contributed by atoms with E-state index >= 15 is 0 Å². The van der Waals surface area contributed by atoms with Crippen LogP contribution in [0.3, 0.4) is 0 Å². The molecule has 0 atom stereocenters. The first-order chi connectivity index (χ1) is 3.81. The number of carbonyl (C=O) groups excluding carboxylic acids is 1. The van der Waals surface area contributed by atoms with Crippen molar-refractivity contribution in [1.29, 1.82) is 0 Å². The third-order valence-corrected chi connectivity index (χ3v) is 1.38. The van der Waals surface area contributed by atoms with Crippen LogP contribution in [-0.4, -0.2) is 5.91 Å². The fourth-order valence-electron chi connectivity index (χ4n) is 0.370. The van der Waals surface area contributed by atoms with E-state index in [-0.39, 0.29) is 5.91 Å². The average Bonchev–Trinajstić information content (AvgIpc) is 1.83. The Bertz CT molecular complexity index is 74.8. The van der Waals surface area contributed by atoms with Gasteiger partial charge in [0.1, 0.15) is 0 Å². The SMILES string of the molecule is CCCCC(=O)[N]I. The standard InChI is InChI=1S/C5H9INO/c1-2-3-4-5(8)7-6/h2-4H2,1H3. The molecule has 0 aromatic rings. The van der Waals surface area contributed by atoms with Gasteiger partial charge in [-0.25, -0.2) is 0 Å². The molecule has 2 nitrogen and oxygen atoms in total. The molecule has 0 saturated heterocycles. The van der Waals surface area contributed by atoms with E-state index in [2.05, 4.69) is 10.5 Å². The minimum Gasteiger partial charge on any atom is -0.272 e. The molecule has 47 valence electrons. The van der Waals surface area contributed by atoms with Crippen LogP contribution in [0.1, 0.15) is 26.2 Å². The highest BCUT2D eigenvalue weighted by atomic mass is 127. The van der Waals surface area contributed by atoms with E-state index < -0.39 is 0 Å². The minimum absolute atomic E-state index is 0.00690. The van der Waals surface area contributed by atoms with Crippen LogP contribution in [0, 0.1) is 0 Å². The molecule has 8 heavy (non-hydrogen) atoms. The lowest BCUT2D eigenvalue weighted by atomic mass is 10.2. The predicted molar refractivity (Wildman–Crippen MR) is 40.7 cm³/mol. The fourth-order valence-corrected chi connectivity index (χ4v) is 0.611. The molecule has 0 heterocycles. The van der Waals surface area contributed by atoms with E-state index in [0.29, 0.717) is 6.42 Å². The van der Waals surface area contributed by atoms with Crippen LogP contribution in [0.2, 0.25) is 0 Å². The number of nitrogens with zero attached hydrogens (tertiary/aromatic N) is 1. The molecule has 0 aliphatic carbocycles. The number of amides is 1. The quantitative estimate of drug-likeness (QED) is 0.673. The van der Waals surface area contributed by atoms with E-state index in [1.807, 2.05) is 0 Å². The highest BCUT2D eigenvalue weighted by Crippen LogP contribution is 1.94. The van der Waals surface area contributed by atoms with Gasteiger partial charge in [-0.05, 0) is 6.42 Å². The van der Waals surface area contributed by atoms with Crippen LogP contribution >= 0.6 is 22.9 Å². The number of rotatable bonds is 3. The van der Waals surface area contributed by atoms with Gasteiger partial charge in [-0.2, -0.15) is 3.53 Å². The molecule has 0 aliphatic heterocycles. The molecule has 3 heteroatoms. The van der Waals surface area contributed by atoms with Gasteiger partial charge in [0.2, 0.25) is 0 Å². The van der Waals surface area contributed by atoms with E-state index in [4.69, 9.17) is 0 Å². The lowest BCUT2D eigenvalue weighted by molar-refractivity contribution is -0.119. The van der Waals surface area contributed by atoms with Crippen molar-refractivity contribution in [3.8, 4) is 0 Å². The molecule has 0 aliphatic rings. The maximum atomic E-state index is 10.4. The number of hydrogen-bond donors (Lipinski definition) is 0. The summed E-state index contributed by atoms with van der Waals surface area (Å²) in [5.74, 6) is 0.00690. The van der Waals surface area contributed by atoms with Crippen LogP contribution in [-0.2, 0) is 4.79 Å². The first-order valence-corrected chi connectivity index (χ1v) is 3.62. The highest BCUT2D eigenvalue weighted by Gasteiger charge is 1.96. The second-order valence-electron chi connectivity index (χ2n) is 1.58. The van der Waals surface area contributed by atoms with E-state index in [9.17, 15) is 4.79 Å². The van der Waals surface area contributed by atoms with Gasteiger partial charge in [0.05, 0.1) is 22.9 Å². The van der Waals surface area contributed by atoms with Crippen LogP contribution in [0.4, 0.5) is 0 Å². The average molecular weight is 226 g/mol. The van der Waals surface area contributed by atoms with Gasteiger partial charge in [0.15, 0.2) is 0 Å². The number of unbranched alkanes of at least 4 members (excludes halogenated alkanes) is 1. The molecule has 0 bridgehead atoms. The molecular formula is C5H9INO. The first kappa shape index (κ1) is 8.20. The summed E-state index contributed by atoms with van der Waals surface area (Å²) in [6.07, 6.45) is 2.64. The van der Waals surface area contributed by atoms with Crippen molar-refractivity contribution in [2.24, 2.45) is 0 Å². The zero-order valence-corrected chi connectivity index (χ0v) is 7.01. The van der Waals surface area contributed by atoms with Crippen LogP contribution in [0.15, 0.2) is 0 Å². The zero-order valence-electron chi connectivity index (χ0n) is 4.85. The molecule has 1 radical (unpaired) electrons. The summed E-state index contributed by atoms with van der Waals surface area (Å²) in [5.41, 5.74) is 0. The zero-order chi connectivity index (χ0) is 6.41. The van der Waals surface area contributed by atoms with Gasteiger partial charge in [0.25, 0.3) is 5.91 Å². The Morgan fingerprint density at radius 1 is 1.75 bits per heavy atom. The smallest absolute Gasteiger partial charge is 0.251 e. The van der Waals surface area contributed by atoms with Crippen LogP contribution in [0.25, 0.3) is 0 Å². The topological polar surface area (TPSA) is 31.2 Å². The second-order valence-corrected chi connectivity index (χ2v) is 2.06. The Labute approximate surface area is 63.5 Å². The van der Waals surface area contributed by atoms with Gasteiger partial charge < -0.3 is 0 Å². The van der Waals surface area contributed by atoms with Crippen molar-refractivity contribution in [2.75, 3.05) is 0 Å². The van der Waals surface area contributed by atoms with E-state index in [0.717, 1.165) is 12.8 Å². The molecule has 0 aromatic carbocycles. The van der Waals surface area contributed by atoms with Crippen molar-refractivity contribution in [3.63, 3.8) is 0 Å². The highest BCUT2D eigenvalue weighted by molar-refractivity contribution is 14.1. The number of hydrogen-bond acceptors (Lipinski definition) is 1. The first-order valence-electron chi connectivity index (χ1n) is 2.66. The molecule has 0 saturated carbocycles. The van der Waals surface area contributed by atoms with E-state index in [1.165, 1.54) is 0 Å².